The number of amides is 1. The molecule has 0 aliphatic carbocycles. The van der Waals surface area contributed by atoms with Crippen LogP contribution in [0.15, 0.2) is 42.0 Å². The normalized spacial score (nSPS) is 15.6. The molecule has 0 aromatic heterocycles. The zero-order valence-electron chi connectivity index (χ0n) is 14.4. The molecule has 1 aliphatic heterocycles. The van der Waals surface area contributed by atoms with E-state index in [2.05, 4.69) is 5.32 Å². The van der Waals surface area contributed by atoms with E-state index in [1.807, 2.05) is 19.1 Å². The van der Waals surface area contributed by atoms with Crippen LogP contribution in [0.25, 0.3) is 6.08 Å². The molecule has 26 heavy (non-hydrogen) atoms. The molecule has 1 amide bonds. The zero-order valence-corrected chi connectivity index (χ0v) is 14.4. The van der Waals surface area contributed by atoms with Crippen LogP contribution in [0.3, 0.4) is 0 Å². The monoisotopic (exact) mass is 352 g/mol. The summed E-state index contributed by atoms with van der Waals surface area (Å²) in [7, 11) is 1.53. The van der Waals surface area contributed by atoms with Crippen LogP contribution in [-0.4, -0.2) is 19.1 Å². The number of hydrogen-bond donors (Lipinski definition) is 1. The Kier molecular flexibility index (Phi) is 4.90. The zero-order chi connectivity index (χ0) is 18.7. The highest BCUT2D eigenvalue weighted by Gasteiger charge is 2.22. The molecule has 1 atom stereocenters. The van der Waals surface area contributed by atoms with E-state index in [1.54, 1.807) is 6.07 Å². The summed E-state index contributed by atoms with van der Waals surface area (Å²) < 4.78 is 24.1. The van der Waals surface area contributed by atoms with Crippen molar-refractivity contribution in [1.29, 1.82) is 5.26 Å². The molecule has 0 bridgehead atoms. The Bertz CT molecular complexity index is 914. The highest BCUT2D eigenvalue weighted by Crippen LogP contribution is 2.36. The Labute approximate surface area is 150 Å². The molecule has 1 unspecified atom stereocenters. The average molecular weight is 352 g/mol. The maximum absolute atomic E-state index is 13.0. The van der Waals surface area contributed by atoms with Crippen LogP contribution >= 0.6 is 0 Å². The van der Waals surface area contributed by atoms with Crippen LogP contribution in [0.5, 0.6) is 11.5 Å². The maximum atomic E-state index is 13.0. The fraction of sp³-hybridized carbons (Fsp3) is 0.200. The maximum Gasteiger partial charge on any atom is 0.266 e. The molecule has 3 rings (SSSR count). The molecule has 2 aromatic rings. The smallest absolute Gasteiger partial charge is 0.266 e. The molecule has 0 radical (unpaired) electrons. The van der Waals surface area contributed by atoms with Gasteiger partial charge in [0.15, 0.2) is 0 Å². The number of hydrogen-bond acceptors (Lipinski definition) is 4. The molecule has 2 aromatic carbocycles. The SMILES string of the molecule is COc1cc2c(cc1/C=C(\C#N)C(=O)Nc1ccc(F)cc1)OC(C)C2. The van der Waals surface area contributed by atoms with E-state index in [0.717, 1.165) is 17.7 Å². The Hall–Kier alpha value is -3.33. The lowest BCUT2D eigenvalue weighted by Gasteiger charge is -2.09. The van der Waals surface area contributed by atoms with Crippen molar-refractivity contribution < 1.29 is 18.7 Å². The summed E-state index contributed by atoms with van der Waals surface area (Å²) >= 11 is 0. The Balaban J connectivity index is 1.89. The van der Waals surface area contributed by atoms with Gasteiger partial charge in [0.1, 0.15) is 35.1 Å². The minimum atomic E-state index is -0.587. The van der Waals surface area contributed by atoms with E-state index in [4.69, 9.17) is 9.47 Å². The van der Waals surface area contributed by atoms with E-state index in [-0.39, 0.29) is 11.7 Å². The van der Waals surface area contributed by atoms with E-state index in [1.165, 1.54) is 37.5 Å². The van der Waals surface area contributed by atoms with Crippen LogP contribution in [0, 0.1) is 17.1 Å². The van der Waals surface area contributed by atoms with E-state index >= 15 is 0 Å². The minimum Gasteiger partial charge on any atom is -0.496 e. The molecule has 1 aliphatic rings. The second kappa shape index (κ2) is 7.28. The molecule has 6 heteroatoms. The Morgan fingerprint density at radius 1 is 1.38 bits per heavy atom. The molecule has 132 valence electrons. The van der Waals surface area contributed by atoms with Crippen molar-refractivity contribution in [3.8, 4) is 17.6 Å². The van der Waals surface area contributed by atoms with Crippen molar-refractivity contribution in [2.75, 3.05) is 12.4 Å². The van der Waals surface area contributed by atoms with Crippen LogP contribution in [-0.2, 0) is 11.2 Å². The molecule has 1 N–H and O–H groups in total. The van der Waals surface area contributed by atoms with Gasteiger partial charge in [0, 0.05) is 23.2 Å². The third-order valence-electron chi connectivity index (χ3n) is 4.02. The minimum absolute atomic E-state index is 0.0751. The van der Waals surface area contributed by atoms with Crippen molar-refractivity contribution in [2.45, 2.75) is 19.4 Å². The van der Waals surface area contributed by atoms with Gasteiger partial charge >= 0.3 is 0 Å². The van der Waals surface area contributed by atoms with Gasteiger partial charge in [0.05, 0.1) is 7.11 Å². The first-order valence-electron chi connectivity index (χ1n) is 8.06. The number of anilines is 1. The van der Waals surface area contributed by atoms with Gasteiger partial charge < -0.3 is 14.8 Å². The number of nitrogens with zero attached hydrogens (tertiary/aromatic N) is 1. The van der Waals surface area contributed by atoms with Gasteiger partial charge in [-0.3, -0.25) is 4.79 Å². The first kappa shape index (κ1) is 17.5. The number of benzene rings is 2. The summed E-state index contributed by atoms with van der Waals surface area (Å²) in [4.78, 5) is 12.4. The number of rotatable bonds is 4. The van der Waals surface area contributed by atoms with Gasteiger partial charge in [-0.05, 0) is 49.4 Å². The first-order chi connectivity index (χ1) is 12.5. The van der Waals surface area contributed by atoms with Gasteiger partial charge in [0.2, 0.25) is 0 Å². The molecule has 0 saturated heterocycles. The lowest BCUT2D eigenvalue weighted by atomic mass is 10.0. The van der Waals surface area contributed by atoms with Gasteiger partial charge in [-0.1, -0.05) is 0 Å². The predicted octanol–water partition coefficient (Wildman–Crippen LogP) is 3.70. The van der Waals surface area contributed by atoms with Gasteiger partial charge in [-0.15, -0.1) is 0 Å². The summed E-state index contributed by atoms with van der Waals surface area (Å²) in [5.41, 5.74) is 1.90. The van der Waals surface area contributed by atoms with E-state index in [0.29, 0.717) is 17.0 Å². The number of carbonyl (C=O) groups excluding carboxylic acids is 1. The summed E-state index contributed by atoms with van der Waals surface area (Å²) in [6.45, 7) is 1.97. The quantitative estimate of drug-likeness (QED) is 0.673. The number of nitrogens with one attached hydrogen (secondary N) is 1. The molecular weight excluding hydrogens is 335 g/mol. The van der Waals surface area contributed by atoms with Crippen LogP contribution in [0.2, 0.25) is 0 Å². The molecule has 0 spiro atoms. The highest BCUT2D eigenvalue weighted by atomic mass is 19.1. The Morgan fingerprint density at radius 3 is 2.77 bits per heavy atom. The van der Waals surface area contributed by atoms with Crippen LogP contribution < -0.4 is 14.8 Å². The number of ether oxygens (including phenoxy) is 2. The van der Waals surface area contributed by atoms with E-state index < -0.39 is 11.7 Å². The number of nitriles is 1. The lowest BCUT2D eigenvalue weighted by Crippen LogP contribution is -2.13. The first-order valence-corrected chi connectivity index (χ1v) is 8.06. The molecule has 5 nitrogen and oxygen atoms in total. The fourth-order valence-electron chi connectivity index (χ4n) is 2.78. The van der Waals surface area contributed by atoms with Gasteiger partial charge in [-0.2, -0.15) is 5.26 Å². The molecule has 1 heterocycles. The van der Waals surface area contributed by atoms with Crippen molar-refractivity contribution in [2.24, 2.45) is 0 Å². The summed E-state index contributed by atoms with van der Waals surface area (Å²) in [6.07, 6.45) is 2.31. The molecule has 0 saturated carbocycles. The number of fused-ring (bicyclic) bond motifs is 1. The number of halogens is 1. The summed E-state index contributed by atoms with van der Waals surface area (Å²) in [6, 6.07) is 10.8. The van der Waals surface area contributed by atoms with Gasteiger partial charge in [0.25, 0.3) is 5.91 Å². The molecular formula is C20H17FN2O3. The number of carbonyl (C=O) groups is 1. The van der Waals surface area contributed by atoms with Gasteiger partial charge in [-0.25, -0.2) is 4.39 Å². The van der Waals surface area contributed by atoms with Crippen molar-refractivity contribution >= 4 is 17.7 Å². The van der Waals surface area contributed by atoms with Crippen molar-refractivity contribution in [1.82, 2.24) is 0 Å². The van der Waals surface area contributed by atoms with E-state index in [9.17, 15) is 14.4 Å². The molecule has 0 fully saturated rings. The summed E-state index contributed by atoms with van der Waals surface area (Å²) in [5, 5.41) is 11.9. The average Bonchev–Trinajstić information content (AvgIpc) is 2.99. The largest absolute Gasteiger partial charge is 0.496 e. The Morgan fingerprint density at radius 2 is 2.12 bits per heavy atom. The lowest BCUT2D eigenvalue weighted by molar-refractivity contribution is -0.112. The third-order valence-corrected chi connectivity index (χ3v) is 4.02. The number of methoxy groups -OCH3 is 1. The van der Waals surface area contributed by atoms with Crippen molar-refractivity contribution in [3.05, 3.63) is 58.9 Å². The van der Waals surface area contributed by atoms with Crippen molar-refractivity contribution in [3.63, 3.8) is 0 Å². The third kappa shape index (κ3) is 3.67. The second-order valence-corrected chi connectivity index (χ2v) is 5.97. The van der Waals surface area contributed by atoms with Crippen LogP contribution in [0.1, 0.15) is 18.1 Å². The standard InChI is InChI=1S/C20H17FN2O3/c1-12-7-13-9-18(25-2)14(10-19(13)26-12)8-15(11-22)20(24)23-17-5-3-16(21)4-6-17/h3-6,8-10,12H,7H2,1-2H3,(H,23,24)/b15-8+. The van der Waals surface area contributed by atoms with Crippen LogP contribution in [0.4, 0.5) is 10.1 Å². The highest BCUT2D eigenvalue weighted by molar-refractivity contribution is 6.09. The fourth-order valence-corrected chi connectivity index (χ4v) is 2.78. The summed E-state index contributed by atoms with van der Waals surface area (Å²) in [5.74, 6) is 0.289. The second-order valence-electron chi connectivity index (χ2n) is 5.97. The topological polar surface area (TPSA) is 71.3 Å². The predicted molar refractivity (Wildman–Crippen MR) is 95.4 cm³/mol.